The van der Waals surface area contributed by atoms with Gasteiger partial charge in [-0.25, -0.2) is 0 Å². The first-order valence-electron chi connectivity index (χ1n) is 7.12. The van der Waals surface area contributed by atoms with Gasteiger partial charge in [-0.15, -0.1) is 0 Å². The molecule has 1 rings (SSSR count). The molecule has 19 heavy (non-hydrogen) atoms. The molecule has 0 heterocycles. The molecule has 0 unspecified atom stereocenters. The molecule has 3 heteroatoms. The van der Waals surface area contributed by atoms with Crippen LogP contribution in [0.1, 0.15) is 56.5 Å². The molecule has 0 saturated heterocycles. The van der Waals surface area contributed by atoms with E-state index in [1.807, 2.05) is 25.1 Å². The van der Waals surface area contributed by atoms with E-state index >= 15 is 0 Å². The SMILES string of the molecule is CCNc1ccc(C(=O)NC(C)(CC)CC)cc1C. The number of nitrogens with one attached hydrogen (secondary N) is 2. The van der Waals surface area contributed by atoms with Crippen molar-refractivity contribution in [2.45, 2.75) is 53.0 Å². The van der Waals surface area contributed by atoms with Crippen molar-refractivity contribution >= 4 is 11.6 Å². The molecular weight excluding hydrogens is 236 g/mol. The Kier molecular flexibility index (Phi) is 5.40. The van der Waals surface area contributed by atoms with E-state index in [-0.39, 0.29) is 11.4 Å². The van der Waals surface area contributed by atoms with Crippen molar-refractivity contribution in [3.8, 4) is 0 Å². The lowest BCUT2D eigenvalue weighted by Gasteiger charge is -2.28. The van der Waals surface area contributed by atoms with E-state index < -0.39 is 0 Å². The fourth-order valence-electron chi connectivity index (χ4n) is 1.97. The molecule has 0 atom stereocenters. The second-order valence-electron chi connectivity index (χ2n) is 5.28. The highest BCUT2D eigenvalue weighted by molar-refractivity contribution is 5.95. The monoisotopic (exact) mass is 262 g/mol. The van der Waals surface area contributed by atoms with E-state index in [2.05, 4.69) is 38.3 Å². The number of carbonyl (C=O) groups is 1. The standard InChI is InChI=1S/C16H26N2O/c1-6-16(5,7-2)18-15(19)13-9-10-14(17-8-3)12(4)11-13/h9-11,17H,6-8H2,1-5H3,(H,18,19). The quantitative estimate of drug-likeness (QED) is 0.820. The van der Waals surface area contributed by atoms with Gasteiger partial charge in [0, 0.05) is 23.3 Å². The lowest BCUT2D eigenvalue weighted by Crippen LogP contribution is -2.44. The van der Waals surface area contributed by atoms with Crippen LogP contribution in [0.2, 0.25) is 0 Å². The molecule has 0 bridgehead atoms. The zero-order valence-corrected chi connectivity index (χ0v) is 12.8. The summed E-state index contributed by atoms with van der Waals surface area (Å²) >= 11 is 0. The van der Waals surface area contributed by atoms with E-state index in [9.17, 15) is 4.79 Å². The van der Waals surface area contributed by atoms with Gasteiger partial charge in [-0.2, -0.15) is 0 Å². The van der Waals surface area contributed by atoms with Crippen molar-refractivity contribution in [3.63, 3.8) is 0 Å². The Morgan fingerprint density at radius 2 is 1.84 bits per heavy atom. The van der Waals surface area contributed by atoms with Crippen LogP contribution in [0.5, 0.6) is 0 Å². The summed E-state index contributed by atoms with van der Waals surface area (Å²) in [5.41, 5.74) is 2.80. The van der Waals surface area contributed by atoms with Crippen molar-refractivity contribution < 1.29 is 4.79 Å². The molecule has 0 fully saturated rings. The minimum absolute atomic E-state index is 0.0114. The molecule has 3 nitrogen and oxygen atoms in total. The Hall–Kier alpha value is -1.51. The first-order valence-corrected chi connectivity index (χ1v) is 7.12. The molecule has 1 aromatic rings. The second-order valence-corrected chi connectivity index (χ2v) is 5.28. The summed E-state index contributed by atoms with van der Waals surface area (Å²) < 4.78 is 0. The lowest BCUT2D eigenvalue weighted by molar-refractivity contribution is 0.0901. The van der Waals surface area contributed by atoms with Gasteiger partial charge >= 0.3 is 0 Å². The lowest BCUT2D eigenvalue weighted by atomic mass is 9.95. The number of carbonyl (C=O) groups excluding carboxylic acids is 1. The Morgan fingerprint density at radius 3 is 2.32 bits per heavy atom. The van der Waals surface area contributed by atoms with E-state index in [0.717, 1.165) is 36.2 Å². The van der Waals surface area contributed by atoms with Crippen molar-refractivity contribution in [1.82, 2.24) is 5.32 Å². The third kappa shape index (κ3) is 3.98. The van der Waals surface area contributed by atoms with Crippen LogP contribution in [0, 0.1) is 6.92 Å². The van der Waals surface area contributed by atoms with Crippen LogP contribution < -0.4 is 10.6 Å². The van der Waals surface area contributed by atoms with Gasteiger partial charge in [0.05, 0.1) is 0 Å². The van der Waals surface area contributed by atoms with Gasteiger partial charge in [0.15, 0.2) is 0 Å². The first-order chi connectivity index (χ1) is 8.95. The van der Waals surface area contributed by atoms with E-state index in [4.69, 9.17) is 0 Å². The van der Waals surface area contributed by atoms with E-state index in [1.54, 1.807) is 0 Å². The van der Waals surface area contributed by atoms with Crippen LogP contribution in [0.15, 0.2) is 18.2 Å². The summed E-state index contributed by atoms with van der Waals surface area (Å²) in [7, 11) is 0. The predicted molar refractivity (Wildman–Crippen MR) is 81.8 cm³/mol. The number of anilines is 1. The topological polar surface area (TPSA) is 41.1 Å². The number of benzene rings is 1. The molecule has 106 valence electrons. The summed E-state index contributed by atoms with van der Waals surface area (Å²) in [6.07, 6.45) is 1.87. The Morgan fingerprint density at radius 1 is 1.21 bits per heavy atom. The first kappa shape index (κ1) is 15.5. The second kappa shape index (κ2) is 6.60. The number of hydrogen-bond donors (Lipinski definition) is 2. The number of hydrogen-bond acceptors (Lipinski definition) is 2. The van der Waals surface area contributed by atoms with Crippen molar-refractivity contribution in [1.29, 1.82) is 0 Å². The summed E-state index contributed by atoms with van der Waals surface area (Å²) in [5, 5.41) is 6.41. The molecule has 0 spiro atoms. The van der Waals surface area contributed by atoms with E-state index in [1.165, 1.54) is 0 Å². The fourth-order valence-corrected chi connectivity index (χ4v) is 1.97. The minimum atomic E-state index is -0.120. The summed E-state index contributed by atoms with van der Waals surface area (Å²) in [6, 6.07) is 5.80. The molecule has 0 aliphatic heterocycles. The summed E-state index contributed by atoms with van der Waals surface area (Å²) in [6.45, 7) is 11.3. The van der Waals surface area contributed by atoms with Crippen LogP contribution in [-0.4, -0.2) is 18.0 Å². The average molecular weight is 262 g/mol. The van der Waals surface area contributed by atoms with Gasteiger partial charge < -0.3 is 10.6 Å². The summed E-state index contributed by atoms with van der Waals surface area (Å²) in [4.78, 5) is 12.3. The van der Waals surface area contributed by atoms with Crippen LogP contribution >= 0.6 is 0 Å². The zero-order valence-electron chi connectivity index (χ0n) is 12.8. The van der Waals surface area contributed by atoms with Gasteiger partial charge in [-0.05, 0) is 57.4 Å². The van der Waals surface area contributed by atoms with Gasteiger partial charge in [-0.1, -0.05) is 13.8 Å². The summed E-state index contributed by atoms with van der Waals surface area (Å²) in [5.74, 6) is 0.0114. The van der Waals surface area contributed by atoms with Gasteiger partial charge in [0.1, 0.15) is 0 Å². The highest BCUT2D eigenvalue weighted by Gasteiger charge is 2.22. The third-order valence-corrected chi connectivity index (χ3v) is 3.83. The minimum Gasteiger partial charge on any atom is -0.385 e. The number of amides is 1. The Balaban J connectivity index is 2.86. The molecular formula is C16H26N2O. The van der Waals surface area contributed by atoms with E-state index in [0.29, 0.717) is 0 Å². The Labute approximate surface area is 116 Å². The van der Waals surface area contributed by atoms with Crippen molar-refractivity contribution in [2.75, 3.05) is 11.9 Å². The molecule has 1 amide bonds. The third-order valence-electron chi connectivity index (χ3n) is 3.83. The zero-order chi connectivity index (χ0) is 14.5. The predicted octanol–water partition coefficient (Wildman–Crippen LogP) is 3.74. The molecule has 2 N–H and O–H groups in total. The fraction of sp³-hybridized carbons (Fsp3) is 0.562. The van der Waals surface area contributed by atoms with Crippen LogP contribution in [0.3, 0.4) is 0 Å². The molecule has 0 aliphatic rings. The van der Waals surface area contributed by atoms with Crippen LogP contribution in [0.4, 0.5) is 5.69 Å². The molecule has 0 aliphatic carbocycles. The molecule has 0 aromatic heterocycles. The highest BCUT2D eigenvalue weighted by atomic mass is 16.1. The normalized spacial score (nSPS) is 11.2. The maximum atomic E-state index is 12.3. The maximum Gasteiger partial charge on any atom is 0.251 e. The molecule has 1 aromatic carbocycles. The van der Waals surface area contributed by atoms with Gasteiger partial charge in [0.2, 0.25) is 0 Å². The largest absolute Gasteiger partial charge is 0.385 e. The van der Waals surface area contributed by atoms with Crippen molar-refractivity contribution in [3.05, 3.63) is 29.3 Å². The Bertz CT molecular complexity index is 436. The smallest absolute Gasteiger partial charge is 0.251 e. The van der Waals surface area contributed by atoms with Gasteiger partial charge in [0.25, 0.3) is 5.91 Å². The number of rotatable bonds is 6. The average Bonchev–Trinajstić information content (AvgIpc) is 2.41. The van der Waals surface area contributed by atoms with Gasteiger partial charge in [-0.3, -0.25) is 4.79 Å². The molecule has 0 saturated carbocycles. The van der Waals surface area contributed by atoms with Crippen molar-refractivity contribution in [2.24, 2.45) is 0 Å². The molecule has 0 radical (unpaired) electrons. The number of aryl methyl sites for hydroxylation is 1. The maximum absolute atomic E-state index is 12.3. The highest BCUT2D eigenvalue weighted by Crippen LogP contribution is 2.18. The van der Waals surface area contributed by atoms with Crippen LogP contribution in [-0.2, 0) is 0 Å². The van der Waals surface area contributed by atoms with Crippen LogP contribution in [0.25, 0.3) is 0 Å².